The van der Waals surface area contributed by atoms with Crippen LogP contribution in [0.5, 0.6) is 5.75 Å². The Hall–Kier alpha value is -2.56. The lowest BCUT2D eigenvalue weighted by Crippen LogP contribution is -1.82. The standard InChI is InChI=1S/C13H11N3O2/c1-18-13-9-11(16-17)7-8-12(13)15-14-10-5-3-2-4-6-10/h2-9H,1H3. The van der Waals surface area contributed by atoms with E-state index in [1.54, 1.807) is 12.1 Å². The van der Waals surface area contributed by atoms with Crippen molar-refractivity contribution in [1.82, 2.24) is 0 Å². The minimum absolute atomic E-state index is 0.297. The van der Waals surface area contributed by atoms with Crippen LogP contribution < -0.4 is 4.74 Å². The number of azo groups is 1. The van der Waals surface area contributed by atoms with Crippen molar-refractivity contribution in [2.75, 3.05) is 7.11 Å². The van der Waals surface area contributed by atoms with Gasteiger partial charge in [0.2, 0.25) is 0 Å². The molecule has 0 N–H and O–H groups in total. The molecule has 0 aliphatic rings. The van der Waals surface area contributed by atoms with Gasteiger partial charge in [-0.05, 0) is 29.4 Å². The van der Waals surface area contributed by atoms with Crippen molar-refractivity contribution in [3.8, 4) is 5.75 Å². The summed E-state index contributed by atoms with van der Waals surface area (Å²) in [6, 6.07) is 14.1. The van der Waals surface area contributed by atoms with Crippen LogP contribution >= 0.6 is 0 Å². The highest BCUT2D eigenvalue weighted by atomic mass is 16.5. The molecule has 0 aromatic heterocycles. The van der Waals surface area contributed by atoms with E-state index >= 15 is 0 Å². The summed E-state index contributed by atoms with van der Waals surface area (Å²) >= 11 is 0. The number of ether oxygens (including phenoxy) is 1. The molecule has 0 aliphatic heterocycles. The molecule has 2 rings (SSSR count). The average molecular weight is 241 g/mol. The molecule has 0 saturated heterocycles. The second kappa shape index (κ2) is 5.67. The topological polar surface area (TPSA) is 63.4 Å². The van der Waals surface area contributed by atoms with E-state index in [4.69, 9.17) is 4.74 Å². The summed E-state index contributed by atoms with van der Waals surface area (Å²) in [4.78, 5) is 10.4. The fourth-order valence-electron chi connectivity index (χ4n) is 1.41. The highest BCUT2D eigenvalue weighted by molar-refractivity contribution is 5.58. The second-order valence-electron chi connectivity index (χ2n) is 3.48. The summed E-state index contributed by atoms with van der Waals surface area (Å²) in [5.41, 5.74) is 1.59. The smallest absolute Gasteiger partial charge is 0.148 e. The SMILES string of the molecule is COc1cc(N=O)ccc1N=Nc1ccccc1. The fourth-order valence-corrected chi connectivity index (χ4v) is 1.41. The zero-order valence-corrected chi connectivity index (χ0v) is 9.78. The van der Waals surface area contributed by atoms with E-state index in [0.717, 1.165) is 5.69 Å². The second-order valence-corrected chi connectivity index (χ2v) is 3.48. The first kappa shape index (κ1) is 11.9. The van der Waals surface area contributed by atoms with Gasteiger partial charge in [-0.3, -0.25) is 0 Å². The Balaban J connectivity index is 2.29. The van der Waals surface area contributed by atoms with Crippen molar-refractivity contribution in [2.24, 2.45) is 15.4 Å². The molecule has 0 spiro atoms. The van der Waals surface area contributed by atoms with Gasteiger partial charge >= 0.3 is 0 Å². The predicted molar refractivity (Wildman–Crippen MR) is 69.1 cm³/mol. The molecule has 0 heterocycles. The molecule has 0 aliphatic carbocycles. The summed E-state index contributed by atoms with van der Waals surface area (Å²) in [5, 5.41) is 11.0. The Bertz CT molecular complexity index is 568. The van der Waals surface area contributed by atoms with Crippen LogP contribution in [0.3, 0.4) is 0 Å². The molecule has 2 aromatic carbocycles. The normalized spacial score (nSPS) is 10.5. The summed E-state index contributed by atoms with van der Waals surface area (Å²) in [5.74, 6) is 0.465. The van der Waals surface area contributed by atoms with E-state index in [1.807, 2.05) is 30.3 Å². The quantitative estimate of drug-likeness (QED) is 0.584. The van der Waals surface area contributed by atoms with Crippen molar-refractivity contribution in [3.05, 3.63) is 53.4 Å². The molecule has 90 valence electrons. The van der Waals surface area contributed by atoms with E-state index in [0.29, 0.717) is 17.1 Å². The maximum Gasteiger partial charge on any atom is 0.148 e. The highest BCUT2D eigenvalue weighted by Gasteiger charge is 2.03. The number of hydrogen-bond acceptors (Lipinski definition) is 5. The van der Waals surface area contributed by atoms with Crippen molar-refractivity contribution in [1.29, 1.82) is 0 Å². The third-order valence-corrected chi connectivity index (χ3v) is 2.30. The molecule has 0 bridgehead atoms. The Kier molecular flexibility index (Phi) is 3.76. The molecule has 2 aromatic rings. The lowest BCUT2D eigenvalue weighted by atomic mass is 10.2. The van der Waals surface area contributed by atoms with Gasteiger partial charge in [0.05, 0.1) is 12.8 Å². The summed E-state index contributed by atoms with van der Waals surface area (Å²) in [6.07, 6.45) is 0. The van der Waals surface area contributed by atoms with Crippen LogP contribution in [-0.4, -0.2) is 7.11 Å². The summed E-state index contributed by atoms with van der Waals surface area (Å²) < 4.78 is 5.12. The average Bonchev–Trinajstić information content (AvgIpc) is 2.46. The molecule has 0 atom stereocenters. The van der Waals surface area contributed by atoms with Crippen molar-refractivity contribution in [3.63, 3.8) is 0 Å². The third-order valence-electron chi connectivity index (χ3n) is 2.30. The Morgan fingerprint density at radius 3 is 2.39 bits per heavy atom. The van der Waals surface area contributed by atoms with Gasteiger partial charge in [0.15, 0.2) is 0 Å². The Labute approximate surface area is 104 Å². The lowest BCUT2D eigenvalue weighted by molar-refractivity contribution is 0.416. The van der Waals surface area contributed by atoms with Gasteiger partial charge in [-0.2, -0.15) is 5.11 Å². The van der Waals surface area contributed by atoms with Gasteiger partial charge in [-0.1, -0.05) is 18.2 Å². The molecular formula is C13H11N3O2. The molecule has 5 heteroatoms. The molecule has 0 saturated carbocycles. The zero-order valence-electron chi connectivity index (χ0n) is 9.78. The maximum atomic E-state index is 10.4. The van der Waals surface area contributed by atoms with Gasteiger partial charge in [-0.15, -0.1) is 10.0 Å². The largest absolute Gasteiger partial charge is 0.494 e. The summed E-state index contributed by atoms with van der Waals surface area (Å²) in [7, 11) is 1.51. The van der Waals surface area contributed by atoms with E-state index in [2.05, 4.69) is 15.4 Å². The molecule has 0 radical (unpaired) electrons. The minimum atomic E-state index is 0.297. The van der Waals surface area contributed by atoms with E-state index in [-0.39, 0.29) is 0 Å². The summed E-state index contributed by atoms with van der Waals surface area (Å²) in [6.45, 7) is 0. The maximum absolute atomic E-state index is 10.4. The monoisotopic (exact) mass is 241 g/mol. The molecule has 5 nitrogen and oxygen atoms in total. The fraction of sp³-hybridized carbons (Fsp3) is 0.0769. The number of nitroso groups, excluding NO2 is 1. The first-order chi connectivity index (χ1) is 8.83. The molecule has 0 amide bonds. The van der Waals surface area contributed by atoms with Crippen molar-refractivity contribution < 1.29 is 4.74 Å². The third kappa shape index (κ3) is 2.76. The molecular weight excluding hydrogens is 230 g/mol. The van der Waals surface area contributed by atoms with Crippen LogP contribution in [0.4, 0.5) is 17.1 Å². The van der Waals surface area contributed by atoms with E-state index < -0.39 is 0 Å². The van der Waals surface area contributed by atoms with Crippen LogP contribution in [0.15, 0.2) is 63.9 Å². The van der Waals surface area contributed by atoms with Gasteiger partial charge < -0.3 is 4.74 Å². The van der Waals surface area contributed by atoms with Crippen LogP contribution in [0.1, 0.15) is 0 Å². The predicted octanol–water partition coefficient (Wildman–Crippen LogP) is 4.51. The highest BCUT2D eigenvalue weighted by Crippen LogP contribution is 2.32. The van der Waals surface area contributed by atoms with Crippen LogP contribution in [0.2, 0.25) is 0 Å². The van der Waals surface area contributed by atoms with Gasteiger partial charge in [-0.25, -0.2) is 0 Å². The van der Waals surface area contributed by atoms with Crippen LogP contribution in [0, 0.1) is 4.91 Å². The number of nitrogens with zero attached hydrogens (tertiary/aromatic N) is 3. The van der Waals surface area contributed by atoms with Crippen LogP contribution in [0.25, 0.3) is 0 Å². The Morgan fingerprint density at radius 2 is 1.72 bits per heavy atom. The van der Waals surface area contributed by atoms with E-state index in [1.165, 1.54) is 13.2 Å². The Morgan fingerprint density at radius 1 is 0.944 bits per heavy atom. The molecule has 0 unspecified atom stereocenters. The van der Waals surface area contributed by atoms with Crippen LogP contribution in [-0.2, 0) is 0 Å². The van der Waals surface area contributed by atoms with Crippen molar-refractivity contribution >= 4 is 17.1 Å². The zero-order chi connectivity index (χ0) is 12.8. The number of rotatable bonds is 4. The lowest BCUT2D eigenvalue weighted by Gasteiger charge is -2.02. The number of hydrogen-bond donors (Lipinski definition) is 0. The first-order valence-electron chi connectivity index (χ1n) is 5.31. The first-order valence-corrected chi connectivity index (χ1v) is 5.31. The number of benzene rings is 2. The molecule has 0 fully saturated rings. The van der Waals surface area contributed by atoms with Crippen molar-refractivity contribution in [2.45, 2.75) is 0 Å². The van der Waals surface area contributed by atoms with Gasteiger partial charge in [0.1, 0.15) is 17.1 Å². The minimum Gasteiger partial charge on any atom is -0.494 e. The van der Waals surface area contributed by atoms with E-state index in [9.17, 15) is 4.91 Å². The van der Waals surface area contributed by atoms with Gasteiger partial charge in [0.25, 0.3) is 0 Å². The number of methoxy groups -OCH3 is 1. The molecule has 18 heavy (non-hydrogen) atoms. The van der Waals surface area contributed by atoms with Gasteiger partial charge in [0, 0.05) is 6.07 Å².